The van der Waals surface area contributed by atoms with Gasteiger partial charge >= 0.3 is 18.0 Å². The fraction of sp³-hybridized carbons (Fsp3) is 0.241. The third kappa shape index (κ3) is 9.42. The molecule has 0 radical (unpaired) electrons. The Kier molecular flexibility index (Phi) is 10.9. The van der Waals surface area contributed by atoms with Gasteiger partial charge < -0.3 is 24.8 Å². The fourth-order valence-corrected chi connectivity index (χ4v) is 3.54. The van der Waals surface area contributed by atoms with Crippen molar-refractivity contribution in [3.05, 3.63) is 108 Å². The standard InChI is InChI=1S/C29H30N2O7/c1-36-28(34)25(17-21-11-5-2-6-12-21)30-27(33)24(18-26(32)37-19-22-13-7-3-8-14-22)31-29(35)38-20-23-15-9-4-10-16-23/h2-16,24-25H,17-20H2,1H3,(H,30,33)(H,31,35)/t24-,25-/m1/s1. The number of esters is 2. The van der Waals surface area contributed by atoms with Gasteiger partial charge in [-0.1, -0.05) is 91.0 Å². The van der Waals surface area contributed by atoms with Crippen molar-refractivity contribution in [3.8, 4) is 0 Å². The first-order valence-corrected chi connectivity index (χ1v) is 12.0. The Balaban J connectivity index is 1.67. The van der Waals surface area contributed by atoms with Crippen LogP contribution in [0.15, 0.2) is 91.0 Å². The number of carbonyl (C=O) groups is 4. The molecule has 0 saturated heterocycles. The summed E-state index contributed by atoms with van der Waals surface area (Å²) in [4.78, 5) is 50.7. The molecule has 0 spiro atoms. The van der Waals surface area contributed by atoms with E-state index in [1.807, 2.05) is 30.3 Å². The number of ether oxygens (including phenoxy) is 3. The Bertz CT molecular complexity index is 1130. The first-order chi connectivity index (χ1) is 18.4. The van der Waals surface area contributed by atoms with Gasteiger partial charge in [-0.05, 0) is 16.7 Å². The monoisotopic (exact) mass is 518 g/mol. The highest BCUT2D eigenvalue weighted by Gasteiger charge is 2.30. The molecule has 0 heterocycles. The maximum Gasteiger partial charge on any atom is 0.408 e. The van der Waals surface area contributed by atoms with Gasteiger partial charge in [-0.15, -0.1) is 0 Å². The lowest BCUT2D eigenvalue weighted by Crippen LogP contribution is -2.53. The van der Waals surface area contributed by atoms with Gasteiger partial charge in [0.2, 0.25) is 5.91 Å². The van der Waals surface area contributed by atoms with E-state index >= 15 is 0 Å². The van der Waals surface area contributed by atoms with Gasteiger partial charge in [0.25, 0.3) is 0 Å². The summed E-state index contributed by atoms with van der Waals surface area (Å²) in [6.45, 7) is -0.0243. The van der Waals surface area contributed by atoms with E-state index in [1.54, 1.807) is 60.7 Å². The maximum atomic E-state index is 13.2. The predicted octanol–water partition coefficient (Wildman–Crippen LogP) is 3.32. The van der Waals surface area contributed by atoms with Crippen LogP contribution in [-0.2, 0) is 48.2 Å². The number of nitrogens with one attached hydrogen (secondary N) is 2. The van der Waals surface area contributed by atoms with E-state index in [-0.39, 0.29) is 19.6 Å². The topological polar surface area (TPSA) is 120 Å². The molecule has 9 heteroatoms. The molecule has 0 aliphatic heterocycles. The molecule has 0 unspecified atom stereocenters. The number of methoxy groups -OCH3 is 1. The van der Waals surface area contributed by atoms with E-state index in [4.69, 9.17) is 14.2 Å². The number of amides is 2. The van der Waals surface area contributed by atoms with E-state index < -0.39 is 42.4 Å². The molecule has 0 aliphatic carbocycles. The average Bonchev–Trinajstić information content (AvgIpc) is 2.95. The van der Waals surface area contributed by atoms with Crippen molar-refractivity contribution in [1.82, 2.24) is 10.6 Å². The summed E-state index contributed by atoms with van der Waals surface area (Å²) in [5.41, 5.74) is 2.31. The van der Waals surface area contributed by atoms with Crippen molar-refractivity contribution in [3.63, 3.8) is 0 Å². The van der Waals surface area contributed by atoms with Crippen molar-refractivity contribution in [2.75, 3.05) is 7.11 Å². The first-order valence-electron chi connectivity index (χ1n) is 12.0. The van der Waals surface area contributed by atoms with Crippen LogP contribution in [0.5, 0.6) is 0 Å². The van der Waals surface area contributed by atoms with Crippen LogP contribution in [-0.4, -0.2) is 43.1 Å². The molecule has 2 amide bonds. The predicted molar refractivity (Wildman–Crippen MR) is 138 cm³/mol. The van der Waals surface area contributed by atoms with Gasteiger partial charge in [0.1, 0.15) is 25.3 Å². The number of benzene rings is 3. The smallest absolute Gasteiger partial charge is 0.408 e. The maximum absolute atomic E-state index is 13.2. The lowest BCUT2D eigenvalue weighted by atomic mass is 10.1. The van der Waals surface area contributed by atoms with E-state index in [0.717, 1.165) is 16.7 Å². The Morgan fingerprint density at radius 1 is 0.658 bits per heavy atom. The summed E-state index contributed by atoms with van der Waals surface area (Å²) in [5.74, 6) is -2.14. The second-order valence-corrected chi connectivity index (χ2v) is 8.38. The van der Waals surface area contributed by atoms with Gasteiger partial charge in [-0.2, -0.15) is 0 Å². The number of carbonyl (C=O) groups excluding carboxylic acids is 4. The van der Waals surface area contributed by atoms with Gasteiger partial charge in [0.05, 0.1) is 13.5 Å². The normalized spacial score (nSPS) is 11.9. The van der Waals surface area contributed by atoms with E-state index in [9.17, 15) is 19.2 Å². The van der Waals surface area contributed by atoms with Crippen LogP contribution in [0.2, 0.25) is 0 Å². The van der Waals surface area contributed by atoms with Gasteiger partial charge in [0.15, 0.2) is 0 Å². The molecular weight excluding hydrogens is 488 g/mol. The SMILES string of the molecule is COC(=O)[C@@H](Cc1ccccc1)NC(=O)[C@@H](CC(=O)OCc1ccccc1)NC(=O)OCc1ccccc1. The molecule has 3 aromatic rings. The van der Waals surface area contributed by atoms with Gasteiger partial charge in [-0.25, -0.2) is 9.59 Å². The minimum absolute atomic E-state index is 0.00522. The second-order valence-electron chi connectivity index (χ2n) is 8.38. The largest absolute Gasteiger partial charge is 0.467 e. The van der Waals surface area contributed by atoms with Crippen molar-refractivity contribution < 1.29 is 33.4 Å². The molecule has 3 aromatic carbocycles. The summed E-state index contributed by atoms with van der Waals surface area (Å²) in [7, 11) is 1.21. The third-order valence-corrected chi connectivity index (χ3v) is 5.52. The molecule has 2 N–H and O–H groups in total. The number of hydrogen-bond donors (Lipinski definition) is 2. The fourth-order valence-electron chi connectivity index (χ4n) is 3.54. The van der Waals surface area contributed by atoms with E-state index in [1.165, 1.54) is 7.11 Å². The lowest BCUT2D eigenvalue weighted by Gasteiger charge is -2.22. The van der Waals surface area contributed by atoms with E-state index in [0.29, 0.717) is 0 Å². The molecule has 9 nitrogen and oxygen atoms in total. The Hall–Kier alpha value is -4.66. The number of rotatable bonds is 12. The van der Waals surface area contributed by atoms with Crippen LogP contribution in [0.25, 0.3) is 0 Å². The average molecular weight is 519 g/mol. The summed E-state index contributed by atoms with van der Waals surface area (Å²) in [6.07, 6.45) is -1.22. The Morgan fingerprint density at radius 2 is 1.16 bits per heavy atom. The number of alkyl carbamates (subject to hydrolysis) is 1. The Morgan fingerprint density at radius 3 is 1.68 bits per heavy atom. The molecule has 0 aromatic heterocycles. The second kappa shape index (κ2) is 14.8. The summed E-state index contributed by atoms with van der Waals surface area (Å²) >= 11 is 0. The summed E-state index contributed by atoms with van der Waals surface area (Å²) in [5, 5.41) is 5.00. The third-order valence-electron chi connectivity index (χ3n) is 5.52. The molecule has 2 atom stereocenters. The van der Waals surface area contributed by atoms with Crippen LogP contribution < -0.4 is 10.6 Å². The Labute approximate surface area is 221 Å². The summed E-state index contributed by atoms with van der Waals surface area (Å²) < 4.78 is 15.3. The van der Waals surface area contributed by atoms with Gasteiger partial charge in [0, 0.05) is 6.42 Å². The molecule has 198 valence electrons. The molecule has 3 rings (SSSR count). The van der Waals surface area contributed by atoms with Crippen molar-refractivity contribution in [2.45, 2.75) is 38.1 Å². The quantitative estimate of drug-likeness (QED) is 0.279. The van der Waals surface area contributed by atoms with Crippen LogP contribution in [0.1, 0.15) is 23.1 Å². The molecule has 0 saturated carbocycles. The molecule has 38 heavy (non-hydrogen) atoms. The van der Waals surface area contributed by atoms with Crippen molar-refractivity contribution in [1.29, 1.82) is 0 Å². The summed E-state index contributed by atoms with van der Waals surface area (Å²) in [6, 6.07) is 24.7. The van der Waals surface area contributed by atoms with Crippen LogP contribution in [0.4, 0.5) is 4.79 Å². The zero-order valence-corrected chi connectivity index (χ0v) is 21.0. The van der Waals surface area contributed by atoms with Crippen LogP contribution >= 0.6 is 0 Å². The molecular formula is C29H30N2O7. The van der Waals surface area contributed by atoms with Crippen LogP contribution in [0, 0.1) is 0 Å². The van der Waals surface area contributed by atoms with E-state index in [2.05, 4.69) is 10.6 Å². The van der Waals surface area contributed by atoms with Crippen LogP contribution in [0.3, 0.4) is 0 Å². The van der Waals surface area contributed by atoms with Crippen molar-refractivity contribution in [2.24, 2.45) is 0 Å². The van der Waals surface area contributed by atoms with Gasteiger partial charge in [-0.3, -0.25) is 9.59 Å². The first kappa shape index (κ1) is 27.9. The zero-order chi connectivity index (χ0) is 27.2. The highest BCUT2D eigenvalue weighted by Crippen LogP contribution is 2.08. The van der Waals surface area contributed by atoms with Crippen molar-refractivity contribution >= 4 is 23.9 Å². The highest BCUT2D eigenvalue weighted by atomic mass is 16.6. The number of hydrogen-bond acceptors (Lipinski definition) is 7. The molecule has 0 bridgehead atoms. The highest BCUT2D eigenvalue weighted by molar-refractivity contribution is 5.92. The molecule has 0 aliphatic rings. The minimum atomic E-state index is -1.36. The minimum Gasteiger partial charge on any atom is -0.467 e. The molecule has 0 fully saturated rings. The lowest BCUT2D eigenvalue weighted by molar-refractivity contribution is -0.147. The zero-order valence-electron chi connectivity index (χ0n) is 21.0.